The monoisotopic (exact) mass is 255 g/mol. The molecule has 2 aliphatic rings. The number of esters is 1. The van der Waals surface area contributed by atoms with Crippen molar-refractivity contribution in [1.82, 2.24) is 4.90 Å². The maximum atomic E-state index is 11.6. The highest BCUT2D eigenvalue weighted by atomic mass is 16.6. The third-order valence-electron chi connectivity index (χ3n) is 3.67. The summed E-state index contributed by atoms with van der Waals surface area (Å²) in [5, 5.41) is 0. The van der Waals surface area contributed by atoms with Crippen LogP contribution < -0.4 is 0 Å². The molecule has 0 amide bonds. The molecule has 1 saturated carbocycles. The van der Waals surface area contributed by atoms with Crippen molar-refractivity contribution in [2.75, 3.05) is 32.8 Å². The molecule has 0 N–H and O–H groups in total. The molecule has 0 radical (unpaired) electrons. The van der Waals surface area contributed by atoms with Gasteiger partial charge in [-0.15, -0.1) is 0 Å². The Morgan fingerprint density at radius 2 is 2.22 bits per heavy atom. The Balaban J connectivity index is 1.67. The minimum absolute atomic E-state index is 0.0351. The number of nitrogens with zero attached hydrogens (tertiary/aromatic N) is 1. The summed E-state index contributed by atoms with van der Waals surface area (Å²) in [5.41, 5.74) is 0. The second kappa shape index (κ2) is 6.02. The fourth-order valence-corrected chi connectivity index (χ4v) is 2.50. The van der Waals surface area contributed by atoms with E-state index in [1.54, 1.807) is 0 Å². The van der Waals surface area contributed by atoms with Crippen molar-refractivity contribution in [3.8, 4) is 0 Å². The van der Waals surface area contributed by atoms with Crippen LogP contribution in [-0.4, -0.2) is 49.8 Å². The molecule has 1 aliphatic heterocycles. The van der Waals surface area contributed by atoms with Crippen molar-refractivity contribution in [3.05, 3.63) is 0 Å². The number of hydrogen-bond acceptors (Lipinski definition) is 4. The lowest BCUT2D eigenvalue weighted by Crippen LogP contribution is -2.46. The summed E-state index contributed by atoms with van der Waals surface area (Å²) in [6.07, 6.45) is 1.04. The molecular weight excluding hydrogens is 230 g/mol. The first-order valence-corrected chi connectivity index (χ1v) is 7.07. The number of morpholine rings is 1. The molecule has 18 heavy (non-hydrogen) atoms. The van der Waals surface area contributed by atoms with Gasteiger partial charge in [0.25, 0.3) is 0 Å². The third-order valence-corrected chi connectivity index (χ3v) is 3.67. The van der Waals surface area contributed by atoms with E-state index in [0.717, 1.165) is 32.7 Å². The maximum absolute atomic E-state index is 11.6. The lowest BCUT2D eigenvalue weighted by atomic mass is 10.2. The molecule has 0 aromatic rings. The SMILES string of the molecule is CC(C)CN1CCOC(COC(=O)C2CC2C)C1. The molecule has 3 unspecified atom stereocenters. The molecule has 2 fully saturated rings. The van der Waals surface area contributed by atoms with Crippen LogP contribution in [0.25, 0.3) is 0 Å². The van der Waals surface area contributed by atoms with Crippen LogP contribution in [-0.2, 0) is 14.3 Å². The zero-order valence-corrected chi connectivity index (χ0v) is 11.7. The number of hydrogen-bond donors (Lipinski definition) is 0. The van der Waals surface area contributed by atoms with Crippen molar-refractivity contribution in [1.29, 1.82) is 0 Å². The highest BCUT2D eigenvalue weighted by molar-refractivity contribution is 5.75. The van der Waals surface area contributed by atoms with Crippen molar-refractivity contribution in [3.63, 3.8) is 0 Å². The normalized spacial score (nSPS) is 32.6. The molecule has 0 aromatic carbocycles. The second-order valence-corrected chi connectivity index (χ2v) is 6.10. The summed E-state index contributed by atoms with van der Waals surface area (Å²) in [6, 6.07) is 0. The topological polar surface area (TPSA) is 38.8 Å². The quantitative estimate of drug-likeness (QED) is 0.699. The van der Waals surface area contributed by atoms with E-state index in [2.05, 4.69) is 25.7 Å². The standard InChI is InChI=1S/C14H25NO3/c1-10(2)7-15-4-5-17-12(8-15)9-18-14(16)13-6-11(13)3/h10-13H,4-9H2,1-3H3. The van der Waals surface area contributed by atoms with E-state index >= 15 is 0 Å². The van der Waals surface area contributed by atoms with Gasteiger partial charge in [-0.05, 0) is 18.3 Å². The van der Waals surface area contributed by atoms with Crippen LogP contribution in [0.5, 0.6) is 0 Å². The van der Waals surface area contributed by atoms with Gasteiger partial charge in [0, 0.05) is 19.6 Å². The van der Waals surface area contributed by atoms with Gasteiger partial charge in [-0.3, -0.25) is 9.69 Å². The minimum Gasteiger partial charge on any atom is -0.463 e. The average molecular weight is 255 g/mol. The summed E-state index contributed by atoms with van der Waals surface area (Å²) < 4.78 is 11.0. The zero-order valence-electron chi connectivity index (χ0n) is 11.7. The second-order valence-electron chi connectivity index (χ2n) is 6.10. The zero-order chi connectivity index (χ0) is 13.1. The van der Waals surface area contributed by atoms with E-state index < -0.39 is 0 Å². The summed E-state index contributed by atoms with van der Waals surface area (Å²) in [6.45, 7) is 10.7. The smallest absolute Gasteiger partial charge is 0.309 e. The molecule has 1 aliphatic carbocycles. The van der Waals surface area contributed by atoms with Gasteiger partial charge in [-0.25, -0.2) is 0 Å². The Bertz CT molecular complexity index is 293. The Morgan fingerprint density at radius 3 is 2.83 bits per heavy atom. The Hall–Kier alpha value is -0.610. The molecule has 2 rings (SSSR count). The molecule has 4 heteroatoms. The number of rotatable bonds is 5. The first-order chi connectivity index (χ1) is 8.56. The number of carbonyl (C=O) groups is 1. The van der Waals surface area contributed by atoms with Gasteiger partial charge in [0.2, 0.25) is 0 Å². The number of carbonyl (C=O) groups excluding carboxylic acids is 1. The first-order valence-electron chi connectivity index (χ1n) is 7.07. The molecule has 1 saturated heterocycles. The van der Waals surface area contributed by atoms with Crippen LogP contribution in [0, 0.1) is 17.8 Å². The summed E-state index contributed by atoms with van der Waals surface area (Å²) >= 11 is 0. The highest BCUT2D eigenvalue weighted by Gasteiger charge is 2.40. The summed E-state index contributed by atoms with van der Waals surface area (Å²) in [5.74, 6) is 1.30. The van der Waals surface area contributed by atoms with Crippen LogP contribution in [0.4, 0.5) is 0 Å². The molecule has 1 heterocycles. The summed E-state index contributed by atoms with van der Waals surface area (Å²) in [7, 11) is 0. The van der Waals surface area contributed by atoms with Gasteiger partial charge < -0.3 is 9.47 Å². The van der Waals surface area contributed by atoms with Crippen molar-refractivity contribution < 1.29 is 14.3 Å². The molecule has 0 aromatic heterocycles. The predicted molar refractivity (Wildman–Crippen MR) is 69.2 cm³/mol. The molecular formula is C14H25NO3. The Morgan fingerprint density at radius 1 is 1.50 bits per heavy atom. The maximum Gasteiger partial charge on any atom is 0.309 e. The van der Waals surface area contributed by atoms with Crippen LogP contribution in [0.3, 0.4) is 0 Å². The van der Waals surface area contributed by atoms with Crippen molar-refractivity contribution in [2.45, 2.75) is 33.3 Å². The van der Waals surface area contributed by atoms with E-state index in [0.29, 0.717) is 18.4 Å². The minimum atomic E-state index is -0.0351. The Kier molecular flexibility index (Phi) is 4.62. The van der Waals surface area contributed by atoms with Gasteiger partial charge in [-0.2, -0.15) is 0 Å². The van der Waals surface area contributed by atoms with Crippen LogP contribution in [0.1, 0.15) is 27.2 Å². The summed E-state index contributed by atoms with van der Waals surface area (Å²) in [4.78, 5) is 14.0. The van der Waals surface area contributed by atoms with E-state index in [4.69, 9.17) is 9.47 Å². The lowest BCUT2D eigenvalue weighted by Gasteiger charge is -2.33. The van der Waals surface area contributed by atoms with Gasteiger partial charge in [-0.1, -0.05) is 20.8 Å². The van der Waals surface area contributed by atoms with Gasteiger partial charge >= 0.3 is 5.97 Å². The Labute approximate surface area is 110 Å². The fraction of sp³-hybridized carbons (Fsp3) is 0.929. The molecule has 4 nitrogen and oxygen atoms in total. The predicted octanol–water partition coefficient (Wildman–Crippen LogP) is 1.54. The molecule has 104 valence electrons. The molecule has 0 bridgehead atoms. The van der Waals surface area contributed by atoms with E-state index in [9.17, 15) is 4.79 Å². The largest absolute Gasteiger partial charge is 0.463 e. The fourth-order valence-electron chi connectivity index (χ4n) is 2.50. The van der Waals surface area contributed by atoms with Gasteiger partial charge in [0.15, 0.2) is 0 Å². The van der Waals surface area contributed by atoms with Gasteiger partial charge in [0.1, 0.15) is 12.7 Å². The van der Waals surface area contributed by atoms with E-state index in [-0.39, 0.29) is 18.0 Å². The number of ether oxygens (including phenoxy) is 2. The molecule has 3 atom stereocenters. The highest BCUT2D eigenvalue weighted by Crippen LogP contribution is 2.38. The van der Waals surface area contributed by atoms with E-state index in [1.165, 1.54) is 0 Å². The van der Waals surface area contributed by atoms with Crippen molar-refractivity contribution in [2.24, 2.45) is 17.8 Å². The lowest BCUT2D eigenvalue weighted by molar-refractivity contribution is -0.152. The first kappa shape index (κ1) is 13.8. The van der Waals surface area contributed by atoms with Crippen molar-refractivity contribution >= 4 is 5.97 Å². The van der Waals surface area contributed by atoms with E-state index in [1.807, 2.05) is 0 Å². The molecule has 0 spiro atoms. The van der Waals surface area contributed by atoms with Gasteiger partial charge in [0.05, 0.1) is 12.5 Å². The third kappa shape index (κ3) is 3.95. The average Bonchev–Trinajstić information content (AvgIpc) is 3.03. The van der Waals surface area contributed by atoms with Crippen LogP contribution >= 0.6 is 0 Å². The van der Waals surface area contributed by atoms with Crippen LogP contribution in [0.2, 0.25) is 0 Å². The van der Waals surface area contributed by atoms with Crippen LogP contribution in [0.15, 0.2) is 0 Å².